The minimum Gasteiger partial charge on any atom is -0.478 e. The molecule has 6 heteroatoms. The number of nitrogens with one attached hydrogen (secondary N) is 1. The monoisotopic (exact) mass is 280 g/mol. The van der Waals surface area contributed by atoms with Crippen LogP contribution in [0.25, 0.3) is 0 Å². The molecule has 0 aliphatic heterocycles. The predicted molar refractivity (Wildman–Crippen MR) is 76.7 cm³/mol. The fraction of sp³-hybridized carbons (Fsp3) is 0.714. The molecule has 0 radical (unpaired) electrons. The molecule has 0 bridgehead atoms. The van der Waals surface area contributed by atoms with Crippen molar-refractivity contribution < 1.29 is 9.90 Å². The lowest BCUT2D eigenvalue weighted by atomic mass is 9.90. The van der Waals surface area contributed by atoms with Crippen molar-refractivity contribution in [3.05, 3.63) is 17.5 Å². The minimum absolute atomic E-state index is 0.309. The zero-order chi connectivity index (χ0) is 14.7. The summed E-state index contributed by atoms with van der Waals surface area (Å²) in [6, 6.07) is 1.15. The van der Waals surface area contributed by atoms with Crippen LogP contribution >= 0.6 is 0 Å². The molecule has 0 aromatic carbocycles. The number of aromatic carboxylic acids is 1. The lowest BCUT2D eigenvalue weighted by Gasteiger charge is -2.34. The summed E-state index contributed by atoms with van der Waals surface area (Å²) in [7, 11) is 5.89. The summed E-state index contributed by atoms with van der Waals surface area (Å²) < 4.78 is 1.67. The number of aromatic nitrogens is 2. The summed E-state index contributed by atoms with van der Waals surface area (Å²) in [5, 5.41) is 16.6. The Bertz CT molecular complexity index is 464. The van der Waals surface area contributed by atoms with E-state index in [1.165, 1.54) is 19.0 Å². The van der Waals surface area contributed by atoms with Crippen molar-refractivity contribution in [1.29, 1.82) is 0 Å². The molecule has 0 spiro atoms. The predicted octanol–water partition coefficient (Wildman–Crippen LogP) is 1.08. The van der Waals surface area contributed by atoms with Crippen LogP contribution in [0.1, 0.15) is 41.7 Å². The highest BCUT2D eigenvalue weighted by molar-refractivity contribution is 5.88. The highest BCUT2D eigenvalue weighted by Gasteiger charge is 2.25. The smallest absolute Gasteiger partial charge is 0.339 e. The molecule has 1 heterocycles. The summed E-state index contributed by atoms with van der Waals surface area (Å²) in [4.78, 5) is 13.5. The van der Waals surface area contributed by atoms with Crippen LogP contribution in [0.5, 0.6) is 0 Å². The fourth-order valence-corrected chi connectivity index (χ4v) is 3.00. The van der Waals surface area contributed by atoms with E-state index in [2.05, 4.69) is 22.4 Å². The Hall–Kier alpha value is -1.40. The van der Waals surface area contributed by atoms with Gasteiger partial charge in [-0.05, 0) is 39.8 Å². The van der Waals surface area contributed by atoms with Gasteiger partial charge in [-0.3, -0.25) is 9.58 Å². The van der Waals surface area contributed by atoms with Gasteiger partial charge in [-0.15, -0.1) is 0 Å². The summed E-state index contributed by atoms with van der Waals surface area (Å²) >= 11 is 0. The maximum absolute atomic E-state index is 11.2. The van der Waals surface area contributed by atoms with Gasteiger partial charge in [0, 0.05) is 25.7 Å². The van der Waals surface area contributed by atoms with Gasteiger partial charge >= 0.3 is 5.97 Å². The van der Waals surface area contributed by atoms with E-state index in [1.807, 2.05) is 7.05 Å². The van der Waals surface area contributed by atoms with Gasteiger partial charge < -0.3 is 10.4 Å². The molecule has 1 saturated carbocycles. The number of rotatable bonds is 5. The van der Waals surface area contributed by atoms with E-state index < -0.39 is 5.97 Å². The standard InChI is InChI=1S/C14H24N4O2/c1-15-10-4-6-11(7-5-10)17(2)9-13-12(14(19)20)8-16-18(13)3/h8,10-11,15H,4-7,9H2,1-3H3,(H,19,20). The maximum Gasteiger partial charge on any atom is 0.339 e. The molecule has 1 fully saturated rings. The van der Waals surface area contributed by atoms with E-state index in [4.69, 9.17) is 0 Å². The van der Waals surface area contributed by atoms with Crippen molar-refractivity contribution in [2.45, 2.75) is 44.3 Å². The van der Waals surface area contributed by atoms with Crippen molar-refractivity contribution in [2.24, 2.45) is 7.05 Å². The Kier molecular flexibility index (Phi) is 4.77. The molecule has 1 aliphatic carbocycles. The number of hydrogen-bond acceptors (Lipinski definition) is 4. The first-order valence-corrected chi connectivity index (χ1v) is 7.14. The van der Waals surface area contributed by atoms with Crippen LogP contribution in [0.3, 0.4) is 0 Å². The SMILES string of the molecule is CNC1CCC(N(C)Cc2c(C(=O)O)cnn2C)CC1. The molecule has 6 nitrogen and oxygen atoms in total. The first-order chi connectivity index (χ1) is 9.52. The number of carboxylic acid groups (broad SMARTS) is 1. The van der Waals surface area contributed by atoms with Crippen LogP contribution in [0.2, 0.25) is 0 Å². The molecule has 20 heavy (non-hydrogen) atoms. The third kappa shape index (κ3) is 3.19. The number of aryl methyl sites for hydroxylation is 1. The number of hydrogen-bond donors (Lipinski definition) is 2. The van der Waals surface area contributed by atoms with Crippen molar-refractivity contribution in [1.82, 2.24) is 20.0 Å². The van der Waals surface area contributed by atoms with E-state index in [-0.39, 0.29) is 0 Å². The molecule has 0 unspecified atom stereocenters. The fourth-order valence-electron chi connectivity index (χ4n) is 3.00. The minimum atomic E-state index is -0.902. The van der Waals surface area contributed by atoms with Crippen molar-refractivity contribution >= 4 is 5.97 Å². The molecular weight excluding hydrogens is 256 g/mol. The third-order valence-corrected chi connectivity index (χ3v) is 4.42. The maximum atomic E-state index is 11.2. The Balaban J connectivity index is 2.00. The second kappa shape index (κ2) is 6.37. The molecule has 0 atom stereocenters. The van der Waals surface area contributed by atoms with Gasteiger partial charge in [-0.25, -0.2) is 4.79 Å². The van der Waals surface area contributed by atoms with Gasteiger partial charge in [0.1, 0.15) is 5.56 Å². The Morgan fingerprint density at radius 2 is 2.15 bits per heavy atom. The largest absolute Gasteiger partial charge is 0.478 e. The highest BCUT2D eigenvalue weighted by atomic mass is 16.4. The van der Waals surface area contributed by atoms with Gasteiger partial charge in [0.25, 0.3) is 0 Å². The van der Waals surface area contributed by atoms with E-state index in [0.717, 1.165) is 18.5 Å². The van der Waals surface area contributed by atoms with Crippen LogP contribution in [-0.4, -0.2) is 51.9 Å². The molecule has 112 valence electrons. The Labute approximate surface area is 119 Å². The topological polar surface area (TPSA) is 70.4 Å². The van der Waals surface area contributed by atoms with E-state index in [9.17, 15) is 9.90 Å². The zero-order valence-electron chi connectivity index (χ0n) is 12.5. The summed E-state index contributed by atoms with van der Waals surface area (Å²) in [6.07, 6.45) is 6.11. The molecule has 2 rings (SSSR count). The molecule has 0 amide bonds. The van der Waals surface area contributed by atoms with Crippen LogP contribution in [0.15, 0.2) is 6.20 Å². The summed E-state index contributed by atoms with van der Waals surface area (Å²) in [5.41, 5.74) is 1.08. The van der Waals surface area contributed by atoms with Gasteiger partial charge in [0.05, 0.1) is 11.9 Å². The number of nitrogens with zero attached hydrogens (tertiary/aromatic N) is 3. The third-order valence-electron chi connectivity index (χ3n) is 4.42. The second-order valence-electron chi connectivity index (χ2n) is 5.64. The molecule has 1 aromatic heterocycles. The summed E-state index contributed by atoms with van der Waals surface area (Å²) in [5.74, 6) is -0.902. The van der Waals surface area contributed by atoms with Crippen molar-refractivity contribution in [3.8, 4) is 0 Å². The van der Waals surface area contributed by atoms with E-state index in [1.54, 1.807) is 11.7 Å². The first kappa shape index (κ1) is 15.0. The lowest BCUT2D eigenvalue weighted by Crippen LogP contribution is -2.39. The van der Waals surface area contributed by atoms with Gasteiger partial charge in [0.15, 0.2) is 0 Å². The molecule has 1 aliphatic rings. The Morgan fingerprint density at radius 1 is 1.50 bits per heavy atom. The Morgan fingerprint density at radius 3 is 2.70 bits per heavy atom. The van der Waals surface area contributed by atoms with Gasteiger partial charge in [0.2, 0.25) is 0 Å². The van der Waals surface area contributed by atoms with Crippen LogP contribution in [-0.2, 0) is 13.6 Å². The second-order valence-corrected chi connectivity index (χ2v) is 5.64. The number of carboxylic acids is 1. The van der Waals surface area contributed by atoms with Crippen LogP contribution < -0.4 is 5.32 Å². The average Bonchev–Trinajstić information content (AvgIpc) is 2.80. The zero-order valence-corrected chi connectivity index (χ0v) is 12.5. The van der Waals surface area contributed by atoms with Crippen LogP contribution in [0.4, 0.5) is 0 Å². The lowest BCUT2D eigenvalue weighted by molar-refractivity contribution is 0.0693. The highest BCUT2D eigenvalue weighted by Crippen LogP contribution is 2.24. The summed E-state index contributed by atoms with van der Waals surface area (Å²) in [6.45, 7) is 0.632. The quantitative estimate of drug-likeness (QED) is 0.844. The average molecular weight is 280 g/mol. The molecule has 1 aromatic rings. The van der Waals surface area contributed by atoms with Crippen molar-refractivity contribution in [3.63, 3.8) is 0 Å². The van der Waals surface area contributed by atoms with E-state index >= 15 is 0 Å². The van der Waals surface area contributed by atoms with Gasteiger partial charge in [-0.2, -0.15) is 5.10 Å². The molecule has 2 N–H and O–H groups in total. The van der Waals surface area contributed by atoms with E-state index in [0.29, 0.717) is 24.2 Å². The van der Waals surface area contributed by atoms with Gasteiger partial charge in [-0.1, -0.05) is 0 Å². The first-order valence-electron chi connectivity index (χ1n) is 7.14. The van der Waals surface area contributed by atoms with Crippen LogP contribution in [0, 0.1) is 0 Å². The van der Waals surface area contributed by atoms with Crippen molar-refractivity contribution in [2.75, 3.05) is 14.1 Å². The molecule has 0 saturated heterocycles. The number of carbonyl (C=O) groups is 1. The normalized spacial score (nSPS) is 23.2. The molecular formula is C14H24N4O2.